The van der Waals surface area contributed by atoms with Gasteiger partial charge in [0.15, 0.2) is 0 Å². The minimum absolute atomic E-state index is 0.105. The summed E-state index contributed by atoms with van der Waals surface area (Å²) in [5, 5.41) is 2.35. The van der Waals surface area contributed by atoms with Crippen LogP contribution in [0.4, 0.5) is 0 Å². The molecule has 0 aromatic rings. The van der Waals surface area contributed by atoms with E-state index in [4.69, 9.17) is 0 Å². The molecule has 0 unspecified atom stereocenters. The fourth-order valence-electron chi connectivity index (χ4n) is 0.989. The summed E-state index contributed by atoms with van der Waals surface area (Å²) in [6.07, 6.45) is 1.57. The van der Waals surface area contributed by atoms with Crippen molar-refractivity contribution >= 4 is 26.0 Å². The Balaban J connectivity index is 4.63. The van der Waals surface area contributed by atoms with Crippen LogP contribution >= 0.6 is 0 Å². The van der Waals surface area contributed by atoms with Crippen LogP contribution in [0.3, 0.4) is 0 Å². The van der Waals surface area contributed by atoms with Crippen molar-refractivity contribution in [1.82, 2.24) is 9.03 Å². The van der Waals surface area contributed by atoms with Crippen LogP contribution in [-0.4, -0.2) is 52.1 Å². The second-order valence-corrected chi connectivity index (χ2v) is 7.60. The molecule has 0 saturated heterocycles. The van der Waals surface area contributed by atoms with E-state index in [0.29, 0.717) is 3.71 Å². The Kier molecular flexibility index (Phi) is 5.30. The lowest BCUT2D eigenvalue weighted by molar-refractivity contribution is -0.117. The molecule has 0 saturated carbocycles. The number of nitrogens with one attached hydrogen (secondary N) is 1. The summed E-state index contributed by atoms with van der Waals surface area (Å²) < 4.78 is 45.1. The molecule has 0 heterocycles. The maximum atomic E-state index is 11.2. The topological polar surface area (TPSA) is 101 Å². The van der Waals surface area contributed by atoms with Gasteiger partial charge < -0.3 is 5.32 Å². The highest BCUT2D eigenvalue weighted by Gasteiger charge is 2.26. The summed E-state index contributed by atoms with van der Waals surface area (Å²) >= 11 is 0. The molecule has 0 aliphatic heterocycles. The van der Waals surface area contributed by atoms with Crippen molar-refractivity contribution in [2.75, 3.05) is 25.6 Å². The van der Waals surface area contributed by atoms with Crippen molar-refractivity contribution in [2.45, 2.75) is 6.92 Å². The van der Waals surface area contributed by atoms with Crippen LogP contribution in [0, 0.1) is 0 Å². The van der Waals surface area contributed by atoms with Crippen LogP contribution in [0.1, 0.15) is 6.92 Å². The number of rotatable bonds is 6. The minimum atomic E-state index is -3.87. The lowest BCUT2D eigenvalue weighted by atomic mass is 10.3. The molecule has 1 N–H and O–H groups in total. The fraction of sp³-hybridized carbons (Fsp3) is 0.625. The van der Waals surface area contributed by atoms with E-state index < -0.39 is 26.0 Å². The van der Waals surface area contributed by atoms with Crippen molar-refractivity contribution in [3.8, 4) is 0 Å². The van der Waals surface area contributed by atoms with Gasteiger partial charge in [0.25, 0.3) is 0 Å². The van der Waals surface area contributed by atoms with Crippen molar-refractivity contribution in [1.29, 1.82) is 0 Å². The molecule has 0 aromatic carbocycles. The maximum Gasteiger partial charge on any atom is 0.246 e. The predicted molar refractivity (Wildman–Crippen MR) is 64.2 cm³/mol. The molecule has 0 aliphatic carbocycles. The summed E-state index contributed by atoms with van der Waals surface area (Å²) in [4.78, 5) is 11.1. The first kappa shape index (κ1) is 16.1. The smallest absolute Gasteiger partial charge is 0.246 e. The Labute approximate surface area is 102 Å². The van der Waals surface area contributed by atoms with Gasteiger partial charge >= 0.3 is 0 Å². The molecule has 9 heteroatoms. The standard InChI is InChI=1S/C8H16N2O5S2/c1-7(2)8(11)9-5-6-10(16(3,12)13)17(4,14)15/h1,5-6H2,2-4H3,(H,9,11). The van der Waals surface area contributed by atoms with Crippen LogP contribution in [0.2, 0.25) is 0 Å². The van der Waals surface area contributed by atoms with Crippen LogP contribution in [0.15, 0.2) is 12.2 Å². The summed E-state index contributed by atoms with van der Waals surface area (Å²) in [5.41, 5.74) is 0.260. The van der Waals surface area contributed by atoms with Gasteiger partial charge in [-0.1, -0.05) is 10.3 Å². The maximum absolute atomic E-state index is 11.2. The van der Waals surface area contributed by atoms with Crippen molar-refractivity contribution in [2.24, 2.45) is 0 Å². The van der Waals surface area contributed by atoms with E-state index in [0.717, 1.165) is 12.5 Å². The van der Waals surface area contributed by atoms with Crippen molar-refractivity contribution in [3.05, 3.63) is 12.2 Å². The van der Waals surface area contributed by atoms with Crippen LogP contribution in [-0.2, 0) is 24.8 Å². The van der Waals surface area contributed by atoms with E-state index in [1.54, 1.807) is 0 Å². The Morgan fingerprint density at radius 1 is 1.18 bits per heavy atom. The third-order valence-corrected chi connectivity index (χ3v) is 5.18. The molecule has 1 amide bonds. The van der Waals surface area contributed by atoms with Crippen LogP contribution in [0.5, 0.6) is 0 Å². The van der Waals surface area contributed by atoms with Gasteiger partial charge in [0, 0.05) is 18.7 Å². The van der Waals surface area contributed by atoms with Crippen LogP contribution < -0.4 is 5.32 Å². The first-order chi connectivity index (χ1) is 7.46. The predicted octanol–water partition coefficient (Wildman–Crippen LogP) is -1.10. The highest BCUT2D eigenvalue weighted by molar-refractivity contribution is 8.03. The molecule has 0 atom stereocenters. The summed E-state index contributed by atoms with van der Waals surface area (Å²) in [5.74, 6) is -0.452. The van der Waals surface area contributed by atoms with Gasteiger partial charge in [-0.05, 0) is 6.92 Å². The van der Waals surface area contributed by atoms with Gasteiger partial charge in [-0.3, -0.25) is 4.79 Å². The second-order valence-electron chi connectivity index (χ2n) is 3.56. The number of hydrogen-bond donors (Lipinski definition) is 1. The molecule has 0 radical (unpaired) electrons. The van der Waals surface area contributed by atoms with Gasteiger partial charge in [-0.2, -0.15) is 0 Å². The van der Waals surface area contributed by atoms with E-state index in [2.05, 4.69) is 11.9 Å². The molecule has 0 aromatic heterocycles. The number of carbonyl (C=O) groups excluding carboxylic acids is 1. The van der Waals surface area contributed by atoms with Gasteiger partial charge in [0.05, 0.1) is 12.5 Å². The molecular weight excluding hydrogens is 268 g/mol. The monoisotopic (exact) mass is 284 g/mol. The lowest BCUT2D eigenvalue weighted by Gasteiger charge is -2.17. The van der Waals surface area contributed by atoms with Gasteiger partial charge in [-0.25, -0.2) is 16.8 Å². The SMILES string of the molecule is C=C(C)C(=O)NCCN(S(C)(=O)=O)S(C)(=O)=O. The molecule has 17 heavy (non-hydrogen) atoms. The minimum Gasteiger partial charge on any atom is -0.351 e. The zero-order valence-corrected chi connectivity index (χ0v) is 11.6. The van der Waals surface area contributed by atoms with Crippen molar-refractivity contribution < 1.29 is 21.6 Å². The quantitative estimate of drug-likeness (QED) is 0.624. The molecule has 0 aliphatic rings. The molecule has 100 valence electrons. The molecule has 0 fully saturated rings. The Morgan fingerprint density at radius 2 is 1.59 bits per heavy atom. The average molecular weight is 284 g/mol. The van der Waals surface area contributed by atoms with E-state index in [1.165, 1.54) is 6.92 Å². The first-order valence-corrected chi connectivity index (χ1v) is 8.27. The third kappa shape index (κ3) is 5.80. The number of amides is 1. The van der Waals surface area contributed by atoms with E-state index in [1.807, 2.05) is 0 Å². The molecule has 0 spiro atoms. The average Bonchev–Trinajstić information content (AvgIpc) is 2.07. The highest BCUT2D eigenvalue weighted by atomic mass is 32.3. The second kappa shape index (κ2) is 5.61. The Hall–Kier alpha value is -0.930. The Bertz CT molecular complexity index is 474. The largest absolute Gasteiger partial charge is 0.351 e. The van der Waals surface area contributed by atoms with E-state index in [9.17, 15) is 21.6 Å². The number of carbonyl (C=O) groups is 1. The molecule has 7 nitrogen and oxygen atoms in total. The van der Waals surface area contributed by atoms with Gasteiger partial charge in [-0.15, -0.1) is 0 Å². The molecular formula is C8H16N2O5S2. The molecule has 0 bridgehead atoms. The zero-order chi connectivity index (χ0) is 13.9. The van der Waals surface area contributed by atoms with E-state index >= 15 is 0 Å². The number of sulfonamides is 2. The van der Waals surface area contributed by atoms with Gasteiger partial charge in [0.2, 0.25) is 26.0 Å². The summed E-state index contributed by atoms with van der Waals surface area (Å²) in [6, 6.07) is 0. The Morgan fingerprint density at radius 3 is 1.88 bits per heavy atom. The normalized spacial score (nSPS) is 12.5. The van der Waals surface area contributed by atoms with E-state index in [-0.39, 0.29) is 18.7 Å². The van der Waals surface area contributed by atoms with Crippen molar-refractivity contribution in [3.63, 3.8) is 0 Å². The summed E-state index contributed by atoms with van der Waals surface area (Å²) in [6.45, 7) is 4.43. The summed E-state index contributed by atoms with van der Waals surface area (Å²) in [7, 11) is -7.74. The number of hydrogen-bond acceptors (Lipinski definition) is 5. The highest BCUT2D eigenvalue weighted by Crippen LogP contribution is 2.03. The third-order valence-electron chi connectivity index (χ3n) is 1.71. The zero-order valence-electron chi connectivity index (χ0n) is 9.93. The van der Waals surface area contributed by atoms with Crippen LogP contribution in [0.25, 0.3) is 0 Å². The lowest BCUT2D eigenvalue weighted by Crippen LogP contribution is -2.41. The molecule has 0 rings (SSSR count). The fourth-order valence-corrected chi connectivity index (χ4v) is 3.80. The number of nitrogens with zero attached hydrogens (tertiary/aromatic N) is 1. The van der Waals surface area contributed by atoms with Gasteiger partial charge in [0.1, 0.15) is 0 Å². The first-order valence-electron chi connectivity index (χ1n) is 4.58.